The van der Waals surface area contributed by atoms with Gasteiger partial charge in [0.1, 0.15) is 13.2 Å². The number of hydrogen-bond acceptors (Lipinski definition) is 6. The van der Waals surface area contributed by atoms with Crippen molar-refractivity contribution in [2.75, 3.05) is 13.2 Å². The summed E-state index contributed by atoms with van der Waals surface area (Å²) in [7, 11) is 0. The van der Waals surface area contributed by atoms with E-state index >= 15 is 0 Å². The largest absolute Gasteiger partial charge is 0.462 e. The monoisotopic (exact) mass is 847 g/mol. The van der Waals surface area contributed by atoms with E-state index in [9.17, 15) is 14.4 Å². The van der Waals surface area contributed by atoms with Crippen molar-refractivity contribution in [3.8, 4) is 0 Å². The van der Waals surface area contributed by atoms with Gasteiger partial charge < -0.3 is 14.2 Å². The van der Waals surface area contributed by atoms with E-state index in [0.29, 0.717) is 19.3 Å². The summed E-state index contributed by atoms with van der Waals surface area (Å²) in [6.45, 7) is 6.32. The van der Waals surface area contributed by atoms with Crippen molar-refractivity contribution >= 4 is 17.9 Å². The smallest absolute Gasteiger partial charge is 0.306 e. The van der Waals surface area contributed by atoms with Crippen molar-refractivity contribution in [3.05, 3.63) is 97.2 Å². The third-order valence-electron chi connectivity index (χ3n) is 10.1. The zero-order valence-corrected chi connectivity index (χ0v) is 39.4. The predicted octanol–water partition coefficient (Wildman–Crippen LogP) is 16.2. The number of unbranched alkanes of at least 4 members (excludes halogenated alkanes) is 16. The molecule has 6 nitrogen and oxygen atoms in total. The van der Waals surface area contributed by atoms with Crippen LogP contribution in [-0.4, -0.2) is 37.2 Å². The SMILES string of the molecule is CC/C=C\C/C=C\C/C=C\C/C=C\CCCCC(=O)OCC(COC(=O)CCCCCCC/C=C\CCCCCC)OC(=O)CCCCCCC/C=C\C/C=C\C/C=C\CC. The lowest BCUT2D eigenvalue weighted by Gasteiger charge is -2.18. The fraction of sp³-hybridized carbons (Fsp3) is 0.655. The molecule has 0 amide bonds. The van der Waals surface area contributed by atoms with Crippen LogP contribution in [0.1, 0.15) is 213 Å². The molecule has 1 unspecified atom stereocenters. The van der Waals surface area contributed by atoms with Crippen molar-refractivity contribution in [1.29, 1.82) is 0 Å². The summed E-state index contributed by atoms with van der Waals surface area (Å²) in [5, 5.41) is 0. The number of ether oxygens (including phenoxy) is 3. The summed E-state index contributed by atoms with van der Waals surface area (Å²) in [5.74, 6) is -0.978. The van der Waals surface area contributed by atoms with Gasteiger partial charge in [-0.05, 0) is 116 Å². The van der Waals surface area contributed by atoms with Gasteiger partial charge in [0.25, 0.3) is 0 Å². The van der Waals surface area contributed by atoms with Gasteiger partial charge in [-0.1, -0.05) is 176 Å². The first-order valence-electron chi connectivity index (χ1n) is 24.7. The van der Waals surface area contributed by atoms with E-state index in [-0.39, 0.29) is 31.1 Å². The summed E-state index contributed by atoms with van der Waals surface area (Å²) in [6.07, 6.45) is 63.9. The second kappa shape index (κ2) is 49.0. The minimum atomic E-state index is -0.807. The van der Waals surface area contributed by atoms with E-state index in [4.69, 9.17) is 14.2 Å². The Morgan fingerprint density at radius 3 is 1.05 bits per heavy atom. The van der Waals surface area contributed by atoms with Crippen LogP contribution in [0.5, 0.6) is 0 Å². The number of hydrogen-bond donors (Lipinski definition) is 0. The van der Waals surface area contributed by atoms with Crippen LogP contribution in [0.2, 0.25) is 0 Å². The summed E-state index contributed by atoms with van der Waals surface area (Å²) in [4.78, 5) is 37.9. The van der Waals surface area contributed by atoms with Gasteiger partial charge in [-0.3, -0.25) is 14.4 Å². The second-order valence-electron chi connectivity index (χ2n) is 16.0. The van der Waals surface area contributed by atoms with Crippen LogP contribution in [0.25, 0.3) is 0 Å². The zero-order valence-electron chi connectivity index (χ0n) is 39.4. The molecule has 0 aliphatic heterocycles. The molecule has 346 valence electrons. The molecule has 0 aliphatic carbocycles. The highest BCUT2D eigenvalue weighted by atomic mass is 16.6. The Morgan fingerprint density at radius 1 is 0.344 bits per heavy atom. The number of allylic oxidation sites excluding steroid dienone is 16. The van der Waals surface area contributed by atoms with Gasteiger partial charge in [-0.15, -0.1) is 0 Å². The first-order valence-corrected chi connectivity index (χ1v) is 24.7. The van der Waals surface area contributed by atoms with Crippen molar-refractivity contribution in [3.63, 3.8) is 0 Å². The van der Waals surface area contributed by atoms with Crippen molar-refractivity contribution in [2.24, 2.45) is 0 Å². The molecule has 0 saturated heterocycles. The van der Waals surface area contributed by atoms with Gasteiger partial charge in [0.15, 0.2) is 6.10 Å². The molecule has 0 aromatic rings. The van der Waals surface area contributed by atoms with E-state index in [1.807, 2.05) is 0 Å². The summed E-state index contributed by atoms with van der Waals surface area (Å²) in [5.41, 5.74) is 0. The van der Waals surface area contributed by atoms with E-state index in [0.717, 1.165) is 135 Å². The van der Waals surface area contributed by atoms with E-state index in [1.165, 1.54) is 38.5 Å². The van der Waals surface area contributed by atoms with Gasteiger partial charge in [-0.25, -0.2) is 0 Å². The summed E-state index contributed by atoms with van der Waals surface area (Å²) in [6, 6.07) is 0. The van der Waals surface area contributed by atoms with Crippen LogP contribution in [0.3, 0.4) is 0 Å². The fourth-order valence-electron chi connectivity index (χ4n) is 6.38. The number of carbonyl (C=O) groups is 3. The minimum absolute atomic E-state index is 0.103. The average Bonchev–Trinajstić information content (AvgIpc) is 3.26. The maximum absolute atomic E-state index is 12.8. The van der Waals surface area contributed by atoms with Crippen LogP contribution in [0.15, 0.2) is 97.2 Å². The molecule has 0 N–H and O–H groups in total. The highest BCUT2D eigenvalue weighted by molar-refractivity contribution is 5.71. The second-order valence-corrected chi connectivity index (χ2v) is 16.0. The van der Waals surface area contributed by atoms with E-state index in [2.05, 4.69) is 118 Å². The molecular formula is C55H90O6. The van der Waals surface area contributed by atoms with Gasteiger partial charge in [-0.2, -0.15) is 0 Å². The molecule has 0 aromatic heterocycles. The fourth-order valence-corrected chi connectivity index (χ4v) is 6.38. The normalized spacial score (nSPS) is 12.9. The summed E-state index contributed by atoms with van der Waals surface area (Å²) >= 11 is 0. The maximum Gasteiger partial charge on any atom is 0.306 e. The van der Waals surface area contributed by atoms with Gasteiger partial charge in [0.2, 0.25) is 0 Å². The Bertz CT molecular complexity index is 1250. The number of esters is 3. The topological polar surface area (TPSA) is 78.9 Å². The van der Waals surface area contributed by atoms with Crippen LogP contribution in [0.4, 0.5) is 0 Å². The molecule has 0 aliphatic rings. The Hall–Kier alpha value is -3.67. The Kier molecular flexibility index (Phi) is 46.0. The first kappa shape index (κ1) is 57.3. The van der Waals surface area contributed by atoms with Gasteiger partial charge in [0, 0.05) is 19.3 Å². The van der Waals surface area contributed by atoms with Crippen molar-refractivity contribution in [2.45, 2.75) is 219 Å². The molecule has 0 rings (SSSR count). The third kappa shape index (κ3) is 47.2. The quantitative estimate of drug-likeness (QED) is 0.0263. The predicted molar refractivity (Wildman–Crippen MR) is 260 cm³/mol. The van der Waals surface area contributed by atoms with E-state index < -0.39 is 6.10 Å². The van der Waals surface area contributed by atoms with Crippen LogP contribution in [0, 0.1) is 0 Å². The van der Waals surface area contributed by atoms with Crippen molar-refractivity contribution < 1.29 is 28.6 Å². The van der Waals surface area contributed by atoms with Gasteiger partial charge >= 0.3 is 17.9 Å². The molecule has 0 fully saturated rings. The molecule has 0 spiro atoms. The lowest BCUT2D eigenvalue weighted by molar-refractivity contribution is -0.167. The molecule has 0 bridgehead atoms. The molecule has 0 radical (unpaired) electrons. The van der Waals surface area contributed by atoms with E-state index in [1.54, 1.807) is 0 Å². The molecule has 0 heterocycles. The summed E-state index contributed by atoms with van der Waals surface area (Å²) < 4.78 is 16.7. The molecule has 6 heteroatoms. The molecule has 0 aromatic carbocycles. The zero-order chi connectivity index (χ0) is 44.4. The molecule has 61 heavy (non-hydrogen) atoms. The standard InChI is InChI=1S/C55H90O6/c1-4-7-10-13-16-19-22-25-27-30-33-36-39-42-45-48-54(57)60-51-52(50-59-53(56)47-44-41-38-35-32-29-24-21-18-15-12-9-6-3)61-55(58)49-46-43-40-37-34-31-28-26-23-20-17-14-11-8-5-2/h7-8,10-11,16-17,19-21,24-28,33,36,52H,4-6,9,12-15,18,22-23,29-32,34-35,37-51H2,1-3H3/b10-7-,11-8-,19-16-,20-17-,24-21-,27-25-,28-26-,36-33-. The molecule has 0 saturated carbocycles. The first-order chi connectivity index (χ1) is 30.0. The van der Waals surface area contributed by atoms with Crippen LogP contribution >= 0.6 is 0 Å². The number of rotatable bonds is 43. The lowest BCUT2D eigenvalue weighted by Crippen LogP contribution is -2.30. The number of carbonyl (C=O) groups excluding carboxylic acids is 3. The Morgan fingerprint density at radius 2 is 0.639 bits per heavy atom. The minimum Gasteiger partial charge on any atom is -0.462 e. The molecular weight excluding hydrogens is 757 g/mol. The van der Waals surface area contributed by atoms with Crippen LogP contribution in [-0.2, 0) is 28.6 Å². The average molecular weight is 847 g/mol. The molecule has 1 atom stereocenters. The Labute approximate surface area is 375 Å². The van der Waals surface area contributed by atoms with Gasteiger partial charge in [0.05, 0.1) is 0 Å². The van der Waals surface area contributed by atoms with Crippen molar-refractivity contribution in [1.82, 2.24) is 0 Å². The Balaban J connectivity index is 4.51. The maximum atomic E-state index is 12.8. The highest BCUT2D eigenvalue weighted by Gasteiger charge is 2.19. The third-order valence-corrected chi connectivity index (χ3v) is 10.1. The van der Waals surface area contributed by atoms with Crippen LogP contribution < -0.4 is 0 Å². The lowest BCUT2D eigenvalue weighted by atomic mass is 10.1. The highest BCUT2D eigenvalue weighted by Crippen LogP contribution is 2.13.